The van der Waals surface area contributed by atoms with Crippen LogP contribution in [0.4, 0.5) is 13.2 Å². The molecule has 0 amide bonds. The van der Waals surface area contributed by atoms with E-state index in [1.165, 1.54) is 22.1 Å². The molecule has 146 valence electrons. The molecular formula is C18H19F3N2O2S2. The molecule has 3 rings (SSSR count). The second kappa shape index (κ2) is 8.64. The van der Waals surface area contributed by atoms with Crippen LogP contribution >= 0.6 is 11.8 Å². The number of hydrogen-bond acceptors (Lipinski definition) is 4. The van der Waals surface area contributed by atoms with Gasteiger partial charge in [0.15, 0.2) is 0 Å². The lowest BCUT2D eigenvalue weighted by Gasteiger charge is -2.33. The lowest BCUT2D eigenvalue weighted by molar-refractivity contribution is 0.197. The quantitative estimate of drug-likeness (QED) is 0.678. The van der Waals surface area contributed by atoms with Gasteiger partial charge in [0, 0.05) is 49.4 Å². The van der Waals surface area contributed by atoms with Crippen LogP contribution in [0.1, 0.15) is 0 Å². The second-order valence-electron chi connectivity index (χ2n) is 6.10. The van der Waals surface area contributed by atoms with Crippen LogP contribution in [0.3, 0.4) is 0 Å². The normalized spacial score (nSPS) is 16.6. The molecule has 0 atom stereocenters. The number of hydrogen-bond donors (Lipinski definition) is 0. The Morgan fingerprint density at radius 2 is 1.63 bits per heavy atom. The smallest absolute Gasteiger partial charge is 0.246 e. The summed E-state index contributed by atoms with van der Waals surface area (Å²) >= 11 is 1.41. The first kappa shape index (κ1) is 20.2. The summed E-state index contributed by atoms with van der Waals surface area (Å²) in [6, 6.07) is 9.03. The van der Waals surface area contributed by atoms with Gasteiger partial charge in [0.1, 0.15) is 22.3 Å². The minimum atomic E-state index is -3.99. The molecule has 1 heterocycles. The molecule has 0 radical (unpaired) electrons. The van der Waals surface area contributed by atoms with Gasteiger partial charge in [-0.1, -0.05) is 12.1 Å². The fraction of sp³-hybridized carbons (Fsp3) is 0.333. The minimum absolute atomic E-state index is 0.226. The lowest BCUT2D eigenvalue weighted by atomic mass is 10.3. The molecule has 4 nitrogen and oxygen atoms in total. The molecule has 0 spiro atoms. The monoisotopic (exact) mass is 416 g/mol. The number of rotatable bonds is 6. The van der Waals surface area contributed by atoms with Gasteiger partial charge in [0.2, 0.25) is 10.0 Å². The Hall–Kier alpha value is -1.55. The molecule has 1 aliphatic rings. The van der Waals surface area contributed by atoms with Gasteiger partial charge in [0.05, 0.1) is 0 Å². The molecule has 27 heavy (non-hydrogen) atoms. The first-order chi connectivity index (χ1) is 12.9. The summed E-state index contributed by atoms with van der Waals surface area (Å²) in [6.45, 7) is 2.14. The van der Waals surface area contributed by atoms with Crippen LogP contribution in [0.25, 0.3) is 0 Å². The van der Waals surface area contributed by atoms with Crippen LogP contribution < -0.4 is 0 Å². The number of thioether (sulfide) groups is 1. The Bertz CT molecular complexity index is 901. The zero-order valence-corrected chi connectivity index (χ0v) is 16.1. The van der Waals surface area contributed by atoms with Crippen molar-refractivity contribution >= 4 is 21.8 Å². The van der Waals surface area contributed by atoms with Crippen molar-refractivity contribution in [3.8, 4) is 0 Å². The summed E-state index contributed by atoms with van der Waals surface area (Å²) in [5, 5.41) is 0. The molecule has 0 unspecified atom stereocenters. The standard InChI is InChI=1S/C18H19F3N2O2S2/c19-14-5-6-18(16(21)13-14)27(24,25)23-9-7-22(8-10-23)11-12-26-17-4-2-1-3-15(17)20/h1-6,13H,7-12H2. The van der Waals surface area contributed by atoms with E-state index in [4.69, 9.17) is 0 Å². The van der Waals surface area contributed by atoms with E-state index in [0.717, 1.165) is 12.1 Å². The zero-order chi connectivity index (χ0) is 19.4. The largest absolute Gasteiger partial charge is 0.300 e. The molecule has 2 aromatic carbocycles. The minimum Gasteiger partial charge on any atom is -0.300 e. The fourth-order valence-electron chi connectivity index (χ4n) is 2.86. The number of nitrogens with zero attached hydrogens (tertiary/aromatic N) is 2. The summed E-state index contributed by atoms with van der Waals surface area (Å²) in [7, 11) is -3.99. The predicted molar refractivity (Wildman–Crippen MR) is 98.7 cm³/mol. The van der Waals surface area contributed by atoms with Crippen molar-refractivity contribution in [2.75, 3.05) is 38.5 Å². The summed E-state index contributed by atoms with van der Waals surface area (Å²) in [5.74, 6) is -1.47. The SMILES string of the molecule is O=S(=O)(c1ccc(F)cc1F)N1CCN(CCSc2ccccc2F)CC1. The Kier molecular flexibility index (Phi) is 6.46. The maximum absolute atomic E-state index is 13.8. The third-order valence-electron chi connectivity index (χ3n) is 4.34. The number of benzene rings is 2. The fourth-order valence-corrected chi connectivity index (χ4v) is 5.28. The molecule has 0 N–H and O–H groups in total. The van der Waals surface area contributed by atoms with Crippen LogP contribution in [0.2, 0.25) is 0 Å². The van der Waals surface area contributed by atoms with Gasteiger partial charge in [-0.25, -0.2) is 21.6 Å². The molecular weight excluding hydrogens is 397 g/mol. The highest BCUT2D eigenvalue weighted by Crippen LogP contribution is 2.23. The van der Waals surface area contributed by atoms with Gasteiger partial charge in [-0.15, -0.1) is 11.8 Å². The van der Waals surface area contributed by atoms with Crippen molar-refractivity contribution in [1.29, 1.82) is 0 Å². The Labute approximate surface area is 161 Å². The highest BCUT2D eigenvalue weighted by Gasteiger charge is 2.30. The maximum Gasteiger partial charge on any atom is 0.246 e. The van der Waals surface area contributed by atoms with E-state index in [1.807, 2.05) is 0 Å². The van der Waals surface area contributed by atoms with Gasteiger partial charge < -0.3 is 0 Å². The van der Waals surface area contributed by atoms with E-state index < -0.39 is 26.6 Å². The Morgan fingerprint density at radius 1 is 0.926 bits per heavy atom. The van der Waals surface area contributed by atoms with Gasteiger partial charge in [-0.3, -0.25) is 4.90 Å². The predicted octanol–water partition coefficient (Wildman–Crippen LogP) is 3.20. The van der Waals surface area contributed by atoms with Gasteiger partial charge >= 0.3 is 0 Å². The third kappa shape index (κ3) is 4.84. The number of halogens is 3. The van der Waals surface area contributed by atoms with Crippen LogP contribution in [-0.2, 0) is 10.0 Å². The van der Waals surface area contributed by atoms with E-state index in [0.29, 0.717) is 36.3 Å². The molecule has 1 saturated heterocycles. The van der Waals surface area contributed by atoms with Crippen molar-refractivity contribution in [1.82, 2.24) is 9.21 Å². The summed E-state index contributed by atoms with van der Waals surface area (Å²) in [6.07, 6.45) is 0. The molecule has 9 heteroatoms. The zero-order valence-electron chi connectivity index (χ0n) is 14.4. The second-order valence-corrected chi connectivity index (χ2v) is 9.14. The van der Waals surface area contributed by atoms with E-state index in [1.54, 1.807) is 18.2 Å². The van der Waals surface area contributed by atoms with E-state index in [-0.39, 0.29) is 18.9 Å². The third-order valence-corrected chi connectivity index (χ3v) is 7.31. The van der Waals surface area contributed by atoms with Crippen LogP contribution in [0.5, 0.6) is 0 Å². The van der Waals surface area contributed by atoms with Crippen LogP contribution in [0, 0.1) is 17.5 Å². The van der Waals surface area contributed by atoms with Gasteiger partial charge in [-0.05, 0) is 24.3 Å². The molecule has 2 aromatic rings. The maximum atomic E-state index is 13.8. The van der Waals surface area contributed by atoms with Crippen molar-refractivity contribution in [3.63, 3.8) is 0 Å². The molecule has 1 aliphatic heterocycles. The molecule has 0 aliphatic carbocycles. The lowest BCUT2D eigenvalue weighted by Crippen LogP contribution is -2.49. The number of sulfonamides is 1. The summed E-state index contributed by atoms with van der Waals surface area (Å²) in [4.78, 5) is 2.17. The van der Waals surface area contributed by atoms with E-state index in [9.17, 15) is 21.6 Å². The molecule has 0 saturated carbocycles. The van der Waals surface area contributed by atoms with Gasteiger partial charge in [-0.2, -0.15) is 4.31 Å². The highest BCUT2D eigenvalue weighted by atomic mass is 32.2. The summed E-state index contributed by atoms with van der Waals surface area (Å²) in [5.41, 5.74) is 0. The van der Waals surface area contributed by atoms with E-state index in [2.05, 4.69) is 4.90 Å². The van der Waals surface area contributed by atoms with E-state index >= 15 is 0 Å². The van der Waals surface area contributed by atoms with Crippen molar-refractivity contribution in [2.45, 2.75) is 9.79 Å². The van der Waals surface area contributed by atoms with Crippen molar-refractivity contribution in [2.24, 2.45) is 0 Å². The topological polar surface area (TPSA) is 40.6 Å². The average molecular weight is 416 g/mol. The Balaban J connectivity index is 1.53. The average Bonchev–Trinajstić information content (AvgIpc) is 2.63. The molecule has 0 aromatic heterocycles. The van der Waals surface area contributed by atoms with Crippen LogP contribution in [-0.4, -0.2) is 56.1 Å². The van der Waals surface area contributed by atoms with Gasteiger partial charge in [0.25, 0.3) is 0 Å². The van der Waals surface area contributed by atoms with Crippen molar-refractivity contribution < 1.29 is 21.6 Å². The van der Waals surface area contributed by atoms with Crippen LogP contribution in [0.15, 0.2) is 52.3 Å². The summed E-state index contributed by atoms with van der Waals surface area (Å²) < 4.78 is 66.8. The first-order valence-electron chi connectivity index (χ1n) is 8.43. The molecule has 1 fully saturated rings. The van der Waals surface area contributed by atoms with Crippen molar-refractivity contribution in [3.05, 3.63) is 59.9 Å². The molecule has 0 bridgehead atoms. The first-order valence-corrected chi connectivity index (χ1v) is 10.9. The Morgan fingerprint density at radius 3 is 2.30 bits per heavy atom. The highest BCUT2D eigenvalue weighted by molar-refractivity contribution is 7.99. The number of piperazine rings is 1.